The zero-order valence-corrected chi connectivity index (χ0v) is 14.0. The fourth-order valence-corrected chi connectivity index (χ4v) is 2.49. The molecule has 1 aromatic carbocycles. The number of aryl methyl sites for hydroxylation is 1. The average Bonchev–Trinajstić information content (AvgIpc) is 2.63. The highest BCUT2D eigenvalue weighted by Gasteiger charge is 2.22. The number of hydrogen-bond acceptors (Lipinski definition) is 4. The highest BCUT2D eigenvalue weighted by molar-refractivity contribution is 5.88. The van der Waals surface area contributed by atoms with Gasteiger partial charge in [0.05, 0.1) is 17.9 Å². The van der Waals surface area contributed by atoms with Crippen LogP contribution in [-0.2, 0) is 16.1 Å². The minimum Gasteiger partial charge on any atom is -0.349 e. The summed E-state index contributed by atoms with van der Waals surface area (Å²) in [5.41, 5.74) is 6.79. The number of nitrogens with one attached hydrogen (secondary N) is 2. The number of carbonyl (C=O) groups is 2. The van der Waals surface area contributed by atoms with Crippen molar-refractivity contribution in [1.29, 1.82) is 0 Å². The molecule has 0 saturated heterocycles. The second-order valence-corrected chi connectivity index (χ2v) is 5.88. The van der Waals surface area contributed by atoms with E-state index in [2.05, 4.69) is 15.7 Å². The number of amides is 2. The standard InChI is InChI=1S/C19H20N4O2/c1-14-5-7-15(8-6-14)17-9-10-19(25)23(22-17)13-18(24)21-12-16-4-2-3-11-20-16/h2-9,11,22H,10,12-13H2,1H3,(H,21,24). The smallest absolute Gasteiger partial charge is 0.245 e. The van der Waals surface area contributed by atoms with E-state index in [-0.39, 0.29) is 24.8 Å². The van der Waals surface area contributed by atoms with Crippen molar-refractivity contribution in [2.45, 2.75) is 19.9 Å². The molecule has 0 unspecified atom stereocenters. The number of benzene rings is 1. The zero-order chi connectivity index (χ0) is 17.6. The van der Waals surface area contributed by atoms with E-state index in [0.717, 1.165) is 17.0 Å². The first-order chi connectivity index (χ1) is 12.1. The molecule has 0 radical (unpaired) electrons. The van der Waals surface area contributed by atoms with Crippen molar-refractivity contribution < 1.29 is 9.59 Å². The molecule has 0 atom stereocenters. The van der Waals surface area contributed by atoms with Crippen LogP contribution in [0, 0.1) is 6.92 Å². The molecular weight excluding hydrogens is 316 g/mol. The molecule has 1 aromatic heterocycles. The average molecular weight is 336 g/mol. The summed E-state index contributed by atoms with van der Waals surface area (Å²) < 4.78 is 0. The van der Waals surface area contributed by atoms with Gasteiger partial charge in [-0.1, -0.05) is 35.9 Å². The molecule has 0 saturated carbocycles. The molecule has 2 amide bonds. The first kappa shape index (κ1) is 16.7. The molecule has 0 aliphatic carbocycles. The summed E-state index contributed by atoms with van der Waals surface area (Å²) in [7, 11) is 0. The number of hydrogen-bond donors (Lipinski definition) is 2. The van der Waals surface area contributed by atoms with Crippen LogP contribution in [0.3, 0.4) is 0 Å². The van der Waals surface area contributed by atoms with Crippen LogP contribution in [0.5, 0.6) is 0 Å². The van der Waals surface area contributed by atoms with Crippen LogP contribution < -0.4 is 10.7 Å². The third-order valence-corrected chi connectivity index (χ3v) is 3.89. The van der Waals surface area contributed by atoms with Gasteiger partial charge in [0.2, 0.25) is 11.8 Å². The number of aromatic nitrogens is 1. The fourth-order valence-electron chi connectivity index (χ4n) is 2.49. The third kappa shape index (κ3) is 4.44. The second-order valence-electron chi connectivity index (χ2n) is 5.88. The molecule has 0 bridgehead atoms. The highest BCUT2D eigenvalue weighted by atomic mass is 16.2. The van der Waals surface area contributed by atoms with Crippen molar-refractivity contribution in [2.24, 2.45) is 0 Å². The molecule has 2 N–H and O–H groups in total. The topological polar surface area (TPSA) is 74.3 Å². The third-order valence-electron chi connectivity index (χ3n) is 3.89. The summed E-state index contributed by atoms with van der Waals surface area (Å²) in [6, 6.07) is 13.5. The van der Waals surface area contributed by atoms with E-state index in [0.29, 0.717) is 6.54 Å². The molecule has 3 rings (SSSR count). The Balaban J connectivity index is 1.58. The first-order valence-electron chi connectivity index (χ1n) is 8.12. The molecule has 6 heteroatoms. The molecule has 2 aromatic rings. The lowest BCUT2D eigenvalue weighted by Gasteiger charge is -2.28. The van der Waals surface area contributed by atoms with Crippen molar-refractivity contribution in [3.05, 3.63) is 71.6 Å². The van der Waals surface area contributed by atoms with Crippen LogP contribution >= 0.6 is 0 Å². The van der Waals surface area contributed by atoms with Gasteiger partial charge in [0.15, 0.2) is 0 Å². The first-order valence-corrected chi connectivity index (χ1v) is 8.12. The lowest BCUT2D eigenvalue weighted by Crippen LogP contribution is -2.49. The summed E-state index contributed by atoms with van der Waals surface area (Å²) in [5, 5.41) is 4.12. The molecular formula is C19H20N4O2. The van der Waals surface area contributed by atoms with Crippen molar-refractivity contribution in [1.82, 2.24) is 20.7 Å². The number of nitrogens with zero attached hydrogens (tertiary/aromatic N) is 2. The molecule has 0 spiro atoms. The van der Waals surface area contributed by atoms with Gasteiger partial charge >= 0.3 is 0 Å². The van der Waals surface area contributed by atoms with Crippen molar-refractivity contribution in [3.63, 3.8) is 0 Å². The van der Waals surface area contributed by atoms with Crippen LogP contribution in [0.4, 0.5) is 0 Å². The predicted molar refractivity (Wildman–Crippen MR) is 94.7 cm³/mol. The minimum absolute atomic E-state index is 0.0468. The second kappa shape index (κ2) is 7.61. The summed E-state index contributed by atoms with van der Waals surface area (Å²) in [4.78, 5) is 28.3. The van der Waals surface area contributed by atoms with E-state index < -0.39 is 0 Å². The Hall–Kier alpha value is -3.15. The lowest BCUT2D eigenvalue weighted by atomic mass is 10.1. The quantitative estimate of drug-likeness (QED) is 0.873. The molecule has 1 aliphatic rings. The lowest BCUT2D eigenvalue weighted by molar-refractivity contribution is -0.138. The fraction of sp³-hybridized carbons (Fsp3) is 0.211. The normalized spacial score (nSPS) is 13.9. The van der Waals surface area contributed by atoms with Gasteiger partial charge in [-0.05, 0) is 30.7 Å². The van der Waals surface area contributed by atoms with E-state index in [1.54, 1.807) is 6.20 Å². The molecule has 1 aliphatic heterocycles. The summed E-state index contributed by atoms with van der Waals surface area (Å²) >= 11 is 0. The van der Waals surface area contributed by atoms with Crippen LogP contribution in [-0.4, -0.2) is 28.4 Å². The minimum atomic E-state index is -0.239. The van der Waals surface area contributed by atoms with E-state index in [9.17, 15) is 9.59 Å². The maximum atomic E-state index is 12.1. The van der Waals surface area contributed by atoms with Gasteiger partial charge in [-0.15, -0.1) is 0 Å². The van der Waals surface area contributed by atoms with E-state index >= 15 is 0 Å². The highest BCUT2D eigenvalue weighted by Crippen LogP contribution is 2.17. The SMILES string of the molecule is Cc1ccc(C2=CCC(=O)N(CC(=O)NCc3ccccn3)N2)cc1. The maximum Gasteiger partial charge on any atom is 0.245 e. The Kier molecular flexibility index (Phi) is 5.09. The van der Waals surface area contributed by atoms with Gasteiger partial charge < -0.3 is 5.32 Å². The zero-order valence-electron chi connectivity index (χ0n) is 14.0. The number of carbonyl (C=O) groups excluding carboxylic acids is 2. The summed E-state index contributed by atoms with van der Waals surface area (Å²) in [6.07, 6.45) is 3.79. The summed E-state index contributed by atoms with van der Waals surface area (Å²) in [6.45, 7) is 2.31. The van der Waals surface area contributed by atoms with E-state index in [1.165, 1.54) is 10.6 Å². The Labute approximate surface area is 146 Å². The number of pyridine rings is 1. The molecule has 2 heterocycles. The van der Waals surface area contributed by atoms with Gasteiger partial charge in [0, 0.05) is 12.6 Å². The maximum absolute atomic E-state index is 12.1. The van der Waals surface area contributed by atoms with Gasteiger partial charge in [-0.2, -0.15) is 0 Å². The number of hydrazine groups is 1. The molecule has 25 heavy (non-hydrogen) atoms. The van der Waals surface area contributed by atoms with Gasteiger partial charge in [-0.3, -0.25) is 20.0 Å². The van der Waals surface area contributed by atoms with Crippen LogP contribution in [0.25, 0.3) is 5.70 Å². The van der Waals surface area contributed by atoms with Crippen molar-refractivity contribution in [2.75, 3.05) is 6.54 Å². The van der Waals surface area contributed by atoms with Gasteiger partial charge in [0.1, 0.15) is 6.54 Å². The van der Waals surface area contributed by atoms with Crippen LogP contribution in [0.15, 0.2) is 54.7 Å². The van der Waals surface area contributed by atoms with Gasteiger partial charge in [0.25, 0.3) is 0 Å². The molecule has 0 fully saturated rings. The Bertz CT molecular complexity index is 785. The monoisotopic (exact) mass is 336 g/mol. The van der Waals surface area contributed by atoms with Crippen LogP contribution in [0.2, 0.25) is 0 Å². The van der Waals surface area contributed by atoms with Gasteiger partial charge in [-0.25, -0.2) is 5.01 Å². The van der Waals surface area contributed by atoms with E-state index in [1.807, 2.05) is 55.5 Å². The van der Waals surface area contributed by atoms with Crippen LogP contribution in [0.1, 0.15) is 23.2 Å². The Morgan fingerprint density at radius 1 is 1.24 bits per heavy atom. The molecule has 128 valence electrons. The Morgan fingerprint density at radius 3 is 2.76 bits per heavy atom. The number of rotatable bonds is 5. The predicted octanol–water partition coefficient (Wildman–Crippen LogP) is 1.78. The van der Waals surface area contributed by atoms with E-state index in [4.69, 9.17) is 0 Å². The van der Waals surface area contributed by atoms with Crippen molar-refractivity contribution >= 4 is 17.5 Å². The molecule has 6 nitrogen and oxygen atoms in total. The van der Waals surface area contributed by atoms with Crippen molar-refractivity contribution in [3.8, 4) is 0 Å². The largest absolute Gasteiger partial charge is 0.349 e. The summed E-state index contributed by atoms with van der Waals surface area (Å²) in [5.74, 6) is -0.375. The Morgan fingerprint density at radius 2 is 2.04 bits per heavy atom.